The molecule has 11 nitrogen and oxygen atoms in total. The van der Waals surface area contributed by atoms with E-state index in [0.29, 0.717) is 42.3 Å². The number of nitrogens with zero attached hydrogens (tertiary/aromatic N) is 2. The SMILES string of the molecule is C[C@H](CO)N1C[C@H](C)[C@@H](CN(C)Cc2ccc(C(=O)Nc3ccccc3N)cc2)Oc2ccc(NS(C)(=O)=O)cc2C1=O. The third-order valence-electron chi connectivity index (χ3n) is 7.34. The maximum Gasteiger partial charge on any atom is 0.258 e. The minimum atomic E-state index is -3.55. The van der Waals surface area contributed by atoms with Crippen molar-refractivity contribution in [3.63, 3.8) is 0 Å². The molecule has 0 bridgehead atoms. The van der Waals surface area contributed by atoms with E-state index in [4.69, 9.17) is 10.5 Å². The van der Waals surface area contributed by atoms with Crippen LogP contribution in [0.5, 0.6) is 5.75 Å². The fourth-order valence-corrected chi connectivity index (χ4v) is 5.52. The number of aliphatic hydroxyl groups excluding tert-OH is 1. The third-order valence-corrected chi connectivity index (χ3v) is 7.94. The number of sulfonamides is 1. The Bertz CT molecular complexity index is 1560. The number of hydrogen-bond donors (Lipinski definition) is 4. The number of amides is 2. The van der Waals surface area contributed by atoms with Crippen LogP contribution in [0.2, 0.25) is 0 Å². The number of rotatable bonds is 10. The Morgan fingerprint density at radius 3 is 2.51 bits per heavy atom. The number of likely N-dealkylation sites (N-methyl/N-ethyl adjacent to an activating group) is 1. The quantitative estimate of drug-likeness (QED) is 0.256. The zero-order chi connectivity index (χ0) is 31.3. The molecule has 4 rings (SSSR count). The summed E-state index contributed by atoms with van der Waals surface area (Å²) >= 11 is 0. The molecule has 3 aromatic carbocycles. The summed E-state index contributed by atoms with van der Waals surface area (Å²) < 4.78 is 32.4. The first-order chi connectivity index (χ1) is 20.3. The van der Waals surface area contributed by atoms with Gasteiger partial charge >= 0.3 is 0 Å². The molecule has 2 amide bonds. The summed E-state index contributed by atoms with van der Waals surface area (Å²) in [4.78, 5) is 29.9. The minimum Gasteiger partial charge on any atom is -0.488 e. The summed E-state index contributed by atoms with van der Waals surface area (Å²) in [6.45, 7) is 5.01. The van der Waals surface area contributed by atoms with Crippen LogP contribution in [0.15, 0.2) is 66.7 Å². The number of aliphatic hydroxyl groups is 1. The summed E-state index contributed by atoms with van der Waals surface area (Å²) in [5.41, 5.74) is 8.97. The molecule has 1 aliphatic heterocycles. The zero-order valence-electron chi connectivity index (χ0n) is 24.8. The zero-order valence-corrected chi connectivity index (χ0v) is 25.6. The maximum absolute atomic E-state index is 13.5. The number of nitrogens with one attached hydrogen (secondary N) is 2. The van der Waals surface area contributed by atoms with Crippen molar-refractivity contribution in [3.05, 3.63) is 83.4 Å². The highest BCUT2D eigenvalue weighted by atomic mass is 32.2. The number of nitrogen functional groups attached to an aromatic ring is 1. The molecule has 12 heteroatoms. The van der Waals surface area contributed by atoms with Gasteiger partial charge in [-0.25, -0.2) is 8.42 Å². The summed E-state index contributed by atoms with van der Waals surface area (Å²) in [5, 5.41) is 12.7. The Morgan fingerprint density at radius 2 is 1.86 bits per heavy atom. The second-order valence-electron chi connectivity index (χ2n) is 11.1. The van der Waals surface area contributed by atoms with Gasteiger partial charge in [0.25, 0.3) is 11.8 Å². The molecule has 0 aromatic heterocycles. The van der Waals surface area contributed by atoms with Crippen molar-refractivity contribution in [1.82, 2.24) is 9.80 Å². The number of anilines is 3. The van der Waals surface area contributed by atoms with Gasteiger partial charge in [-0.15, -0.1) is 0 Å². The Labute approximate surface area is 252 Å². The van der Waals surface area contributed by atoms with Gasteiger partial charge in [-0.05, 0) is 62.0 Å². The molecule has 0 saturated heterocycles. The van der Waals surface area contributed by atoms with Crippen molar-refractivity contribution >= 4 is 38.9 Å². The van der Waals surface area contributed by atoms with Gasteiger partial charge in [-0.1, -0.05) is 31.2 Å². The van der Waals surface area contributed by atoms with Gasteiger partial charge in [0.05, 0.1) is 35.8 Å². The van der Waals surface area contributed by atoms with E-state index in [1.165, 1.54) is 6.07 Å². The maximum atomic E-state index is 13.5. The number of ether oxygens (including phenoxy) is 1. The molecule has 1 aliphatic rings. The lowest BCUT2D eigenvalue weighted by molar-refractivity contribution is 0.0341. The smallest absolute Gasteiger partial charge is 0.258 e. The first-order valence-electron chi connectivity index (χ1n) is 14.0. The fourth-order valence-electron chi connectivity index (χ4n) is 4.97. The van der Waals surface area contributed by atoms with Crippen molar-refractivity contribution in [1.29, 1.82) is 0 Å². The van der Waals surface area contributed by atoms with Gasteiger partial charge in [0, 0.05) is 36.8 Å². The molecule has 0 spiro atoms. The monoisotopic (exact) mass is 609 g/mol. The van der Waals surface area contributed by atoms with Gasteiger partial charge in [-0.2, -0.15) is 0 Å². The summed E-state index contributed by atoms with van der Waals surface area (Å²) in [6, 6.07) is 18.6. The standard InChI is InChI=1S/C31H39N5O6S/c1-20-16-36(21(2)19-37)31(39)25-15-24(34-43(4,40)41)13-14-28(25)42-29(20)18-35(3)17-22-9-11-23(12-10-22)30(38)33-27-8-6-5-7-26(27)32/h5-15,20-21,29,34,37H,16-19,32H2,1-4H3,(H,33,38)/t20-,21+,29+/m0/s1. The van der Waals surface area contributed by atoms with Crippen LogP contribution in [-0.4, -0.2) is 80.3 Å². The number of fused-ring (bicyclic) bond motifs is 1. The second kappa shape index (κ2) is 13.4. The van der Waals surface area contributed by atoms with Crippen LogP contribution >= 0.6 is 0 Å². The lowest BCUT2D eigenvalue weighted by atomic mass is 9.99. The van der Waals surface area contributed by atoms with E-state index in [-0.39, 0.29) is 41.7 Å². The molecule has 3 aromatic rings. The Morgan fingerprint density at radius 1 is 1.16 bits per heavy atom. The molecule has 0 aliphatic carbocycles. The van der Waals surface area contributed by atoms with Crippen LogP contribution < -0.4 is 20.5 Å². The molecule has 3 atom stereocenters. The Balaban J connectivity index is 1.49. The fraction of sp³-hybridized carbons (Fsp3) is 0.355. The molecule has 5 N–H and O–H groups in total. The van der Waals surface area contributed by atoms with Gasteiger partial charge in [-0.3, -0.25) is 19.2 Å². The first-order valence-corrected chi connectivity index (χ1v) is 15.9. The summed E-state index contributed by atoms with van der Waals surface area (Å²) in [5.74, 6) is -0.330. The topological polar surface area (TPSA) is 154 Å². The predicted molar refractivity (Wildman–Crippen MR) is 168 cm³/mol. The normalized spacial score (nSPS) is 17.8. The molecule has 0 saturated carbocycles. The van der Waals surface area contributed by atoms with E-state index < -0.39 is 16.1 Å². The number of hydrogen-bond acceptors (Lipinski definition) is 8. The van der Waals surface area contributed by atoms with Gasteiger partial charge in [0.15, 0.2) is 0 Å². The molecular weight excluding hydrogens is 570 g/mol. The molecule has 0 unspecified atom stereocenters. The van der Waals surface area contributed by atoms with Crippen LogP contribution in [0.4, 0.5) is 17.1 Å². The Hall–Kier alpha value is -4.13. The highest BCUT2D eigenvalue weighted by molar-refractivity contribution is 7.92. The number of benzene rings is 3. The lowest BCUT2D eigenvalue weighted by Crippen LogP contribution is -2.49. The van der Waals surface area contributed by atoms with Crippen molar-refractivity contribution < 1.29 is 27.9 Å². The average molecular weight is 610 g/mol. The molecule has 1 heterocycles. The van der Waals surface area contributed by atoms with Crippen LogP contribution in [-0.2, 0) is 16.6 Å². The van der Waals surface area contributed by atoms with E-state index in [2.05, 4.69) is 14.9 Å². The molecule has 0 radical (unpaired) electrons. The van der Waals surface area contributed by atoms with Crippen LogP contribution in [0, 0.1) is 5.92 Å². The molecular formula is C31H39N5O6S. The van der Waals surface area contributed by atoms with Crippen molar-refractivity contribution in [2.45, 2.75) is 32.5 Å². The van der Waals surface area contributed by atoms with Gasteiger partial charge in [0.2, 0.25) is 10.0 Å². The van der Waals surface area contributed by atoms with Crippen LogP contribution in [0.25, 0.3) is 0 Å². The third kappa shape index (κ3) is 8.25. The minimum absolute atomic E-state index is 0.0844. The Kier molecular flexibility index (Phi) is 9.95. The van der Waals surface area contributed by atoms with Gasteiger partial charge in [0.1, 0.15) is 11.9 Å². The number of nitrogens with two attached hydrogens (primary N) is 1. The van der Waals surface area contributed by atoms with Crippen molar-refractivity contribution in [3.8, 4) is 5.75 Å². The van der Waals surface area contributed by atoms with E-state index in [1.807, 2.05) is 26.1 Å². The number of carbonyl (C=O) groups is 2. The highest BCUT2D eigenvalue weighted by Gasteiger charge is 2.33. The average Bonchev–Trinajstić information content (AvgIpc) is 2.95. The largest absolute Gasteiger partial charge is 0.488 e. The highest BCUT2D eigenvalue weighted by Crippen LogP contribution is 2.31. The van der Waals surface area contributed by atoms with Crippen LogP contribution in [0.1, 0.15) is 40.1 Å². The number of para-hydroxylation sites is 2. The van der Waals surface area contributed by atoms with E-state index in [1.54, 1.807) is 60.4 Å². The predicted octanol–water partition coefficient (Wildman–Crippen LogP) is 3.24. The van der Waals surface area contributed by atoms with E-state index >= 15 is 0 Å². The molecule has 230 valence electrons. The molecule has 0 fully saturated rings. The number of carbonyl (C=O) groups excluding carboxylic acids is 2. The lowest BCUT2D eigenvalue weighted by Gasteiger charge is -2.38. The van der Waals surface area contributed by atoms with Crippen molar-refractivity contribution in [2.75, 3.05) is 48.8 Å². The van der Waals surface area contributed by atoms with E-state index in [0.717, 1.165) is 11.8 Å². The van der Waals surface area contributed by atoms with Crippen LogP contribution in [0.3, 0.4) is 0 Å². The summed E-state index contributed by atoms with van der Waals surface area (Å²) in [6.07, 6.45) is 0.722. The van der Waals surface area contributed by atoms with Gasteiger partial charge < -0.3 is 25.8 Å². The summed E-state index contributed by atoms with van der Waals surface area (Å²) in [7, 11) is -1.59. The van der Waals surface area contributed by atoms with Crippen molar-refractivity contribution in [2.24, 2.45) is 5.92 Å². The van der Waals surface area contributed by atoms with E-state index in [9.17, 15) is 23.1 Å². The first kappa shape index (κ1) is 31.8. The second-order valence-corrected chi connectivity index (χ2v) is 12.9. The molecule has 43 heavy (non-hydrogen) atoms.